The van der Waals surface area contributed by atoms with Gasteiger partial charge in [0.15, 0.2) is 5.96 Å². The Morgan fingerprint density at radius 2 is 2.00 bits per heavy atom. The molecular formula is C19H26FN5OS. The molecule has 1 aromatic heterocycles. The first-order valence-electron chi connectivity index (χ1n) is 9.05. The molecule has 2 aromatic rings. The van der Waals surface area contributed by atoms with Gasteiger partial charge in [-0.3, -0.25) is 4.99 Å². The molecule has 8 heteroatoms. The largest absolute Gasteiger partial charge is 0.378 e. The van der Waals surface area contributed by atoms with Gasteiger partial charge in [0.1, 0.15) is 10.8 Å². The Morgan fingerprint density at radius 1 is 1.26 bits per heavy atom. The molecule has 2 heterocycles. The number of aryl methyl sites for hydroxylation is 2. The summed E-state index contributed by atoms with van der Waals surface area (Å²) in [6, 6.07) is 5.37. The van der Waals surface area contributed by atoms with Crippen molar-refractivity contribution in [1.29, 1.82) is 0 Å². The van der Waals surface area contributed by atoms with Crippen LogP contribution in [0.3, 0.4) is 0 Å². The topological polar surface area (TPSA) is 61.8 Å². The molecular weight excluding hydrogens is 365 g/mol. The molecule has 0 bridgehead atoms. The Balaban J connectivity index is 1.54. The molecule has 3 rings (SSSR count). The quantitative estimate of drug-likeness (QED) is 0.606. The molecule has 27 heavy (non-hydrogen) atoms. The van der Waals surface area contributed by atoms with Crippen molar-refractivity contribution in [2.45, 2.75) is 26.9 Å². The zero-order chi connectivity index (χ0) is 19.2. The van der Waals surface area contributed by atoms with Gasteiger partial charge in [-0.2, -0.15) is 0 Å². The van der Waals surface area contributed by atoms with Crippen LogP contribution >= 0.6 is 11.3 Å². The Kier molecular flexibility index (Phi) is 6.63. The van der Waals surface area contributed by atoms with Crippen LogP contribution in [0.15, 0.2) is 23.2 Å². The van der Waals surface area contributed by atoms with Gasteiger partial charge in [-0.25, -0.2) is 9.37 Å². The number of nitrogens with zero attached hydrogens (tertiary/aromatic N) is 3. The van der Waals surface area contributed by atoms with Gasteiger partial charge in [-0.05, 0) is 31.5 Å². The summed E-state index contributed by atoms with van der Waals surface area (Å²) in [5.41, 5.74) is 2.57. The molecule has 1 aliphatic heterocycles. The minimum absolute atomic E-state index is 0.201. The fourth-order valence-corrected chi connectivity index (χ4v) is 3.78. The van der Waals surface area contributed by atoms with Crippen molar-refractivity contribution >= 4 is 23.0 Å². The zero-order valence-corrected chi connectivity index (χ0v) is 16.8. The molecule has 6 nitrogen and oxygen atoms in total. The van der Waals surface area contributed by atoms with Crippen LogP contribution in [0.25, 0.3) is 0 Å². The van der Waals surface area contributed by atoms with Gasteiger partial charge in [0.2, 0.25) is 0 Å². The Bertz CT molecular complexity index is 782. The number of guanidine groups is 1. The highest BCUT2D eigenvalue weighted by atomic mass is 32.1. The number of aliphatic imine (C=N–C) groups is 1. The fraction of sp³-hybridized carbons (Fsp3) is 0.474. The van der Waals surface area contributed by atoms with E-state index in [0.29, 0.717) is 38.0 Å². The van der Waals surface area contributed by atoms with E-state index in [-0.39, 0.29) is 5.82 Å². The minimum atomic E-state index is -0.201. The van der Waals surface area contributed by atoms with Gasteiger partial charge in [0, 0.05) is 31.6 Å². The highest BCUT2D eigenvalue weighted by Crippen LogP contribution is 2.21. The van der Waals surface area contributed by atoms with Crippen molar-refractivity contribution < 1.29 is 9.13 Å². The number of halogens is 1. The van der Waals surface area contributed by atoms with Crippen molar-refractivity contribution in [1.82, 2.24) is 15.6 Å². The summed E-state index contributed by atoms with van der Waals surface area (Å²) in [6.45, 7) is 7.92. The van der Waals surface area contributed by atoms with Gasteiger partial charge in [0.25, 0.3) is 0 Å². The molecule has 0 radical (unpaired) electrons. The molecule has 1 aliphatic rings. The molecule has 0 saturated carbocycles. The van der Waals surface area contributed by atoms with E-state index in [0.717, 1.165) is 29.4 Å². The van der Waals surface area contributed by atoms with Crippen LogP contribution in [-0.4, -0.2) is 44.3 Å². The van der Waals surface area contributed by atoms with E-state index in [2.05, 4.69) is 27.5 Å². The summed E-state index contributed by atoms with van der Waals surface area (Å²) in [5.74, 6) is 0.464. The van der Waals surface area contributed by atoms with E-state index in [1.165, 1.54) is 4.88 Å². The minimum Gasteiger partial charge on any atom is -0.378 e. The second-order valence-corrected chi connectivity index (χ2v) is 7.70. The number of ether oxygens (including phenoxy) is 1. The molecule has 0 atom stereocenters. The Hall–Kier alpha value is -2.19. The summed E-state index contributed by atoms with van der Waals surface area (Å²) in [7, 11) is 1.72. The van der Waals surface area contributed by atoms with Crippen molar-refractivity contribution in [2.75, 3.05) is 38.3 Å². The van der Waals surface area contributed by atoms with E-state index in [4.69, 9.17) is 4.74 Å². The van der Waals surface area contributed by atoms with Gasteiger partial charge in [-0.15, -0.1) is 11.3 Å². The summed E-state index contributed by atoms with van der Waals surface area (Å²) < 4.78 is 19.8. The maximum atomic E-state index is 14.5. The van der Waals surface area contributed by atoms with Gasteiger partial charge < -0.3 is 20.3 Å². The molecule has 0 unspecified atom stereocenters. The second kappa shape index (κ2) is 9.14. The molecule has 1 aromatic carbocycles. The average molecular weight is 392 g/mol. The molecule has 0 aliphatic carbocycles. The first kappa shape index (κ1) is 19.6. The van der Waals surface area contributed by atoms with Crippen molar-refractivity contribution in [3.05, 3.63) is 45.2 Å². The number of aromatic nitrogens is 1. The number of benzene rings is 1. The number of nitrogens with one attached hydrogen (secondary N) is 2. The van der Waals surface area contributed by atoms with Crippen molar-refractivity contribution in [3.8, 4) is 0 Å². The van der Waals surface area contributed by atoms with E-state index >= 15 is 0 Å². The predicted octanol–water partition coefficient (Wildman–Crippen LogP) is 2.60. The van der Waals surface area contributed by atoms with E-state index in [9.17, 15) is 4.39 Å². The van der Waals surface area contributed by atoms with Crippen molar-refractivity contribution in [3.63, 3.8) is 0 Å². The molecule has 146 valence electrons. The molecule has 2 N–H and O–H groups in total. The second-order valence-electron chi connectivity index (χ2n) is 6.41. The van der Waals surface area contributed by atoms with Crippen LogP contribution in [0.2, 0.25) is 0 Å². The monoisotopic (exact) mass is 391 g/mol. The normalized spacial score (nSPS) is 15.1. The number of anilines is 1. The average Bonchev–Trinajstić information content (AvgIpc) is 3.00. The highest BCUT2D eigenvalue weighted by Gasteiger charge is 2.15. The Morgan fingerprint density at radius 3 is 2.63 bits per heavy atom. The van der Waals surface area contributed by atoms with Gasteiger partial charge in [0.05, 0.1) is 31.1 Å². The zero-order valence-electron chi connectivity index (χ0n) is 16.0. The van der Waals surface area contributed by atoms with Gasteiger partial charge in [-0.1, -0.05) is 6.07 Å². The predicted molar refractivity (Wildman–Crippen MR) is 108 cm³/mol. The van der Waals surface area contributed by atoms with E-state index in [1.54, 1.807) is 24.5 Å². The first-order valence-corrected chi connectivity index (χ1v) is 9.87. The summed E-state index contributed by atoms with van der Waals surface area (Å²) in [5, 5.41) is 7.49. The van der Waals surface area contributed by atoms with Crippen LogP contribution in [0.4, 0.5) is 10.1 Å². The number of hydrogen-bond donors (Lipinski definition) is 2. The maximum absolute atomic E-state index is 14.5. The lowest BCUT2D eigenvalue weighted by Gasteiger charge is -2.29. The first-order chi connectivity index (χ1) is 13.1. The molecule has 1 fully saturated rings. The summed E-state index contributed by atoms with van der Waals surface area (Å²) in [4.78, 5) is 12.0. The smallest absolute Gasteiger partial charge is 0.191 e. The van der Waals surface area contributed by atoms with Crippen LogP contribution in [-0.2, 0) is 17.8 Å². The maximum Gasteiger partial charge on any atom is 0.191 e. The standard InChI is InChI=1S/C19H26FN5OS/c1-13-14(2)27-18(24-13)12-23-19(21-3)22-11-15-4-5-17(16(20)10-15)25-6-8-26-9-7-25/h4-5,10H,6-9,11-12H2,1-3H3,(H2,21,22,23). The lowest BCUT2D eigenvalue weighted by Crippen LogP contribution is -2.37. The number of hydrogen-bond acceptors (Lipinski definition) is 5. The van der Waals surface area contributed by atoms with Crippen LogP contribution in [0.5, 0.6) is 0 Å². The SMILES string of the molecule is CN=C(NCc1ccc(N2CCOCC2)c(F)c1)NCc1nc(C)c(C)s1. The van der Waals surface area contributed by atoms with Gasteiger partial charge >= 0.3 is 0 Å². The lowest BCUT2D eigenvalue weighted by molar-refractivity contribution is 0.122. The number of rotatable bonds is 5. The van der Waals surface area contributed by atoms with E-state index in [1.807, 2.05) is 24.0 Å². The van der Waals surface area contributed by atoms with Crippen LogP contribution in [0.1, 0.15) is 21.1 Å². The number of thiazole rings is 1. The van der Waals surface area contributed by atoms with E-state index < -0.39 is 0 Å². The fourth-order valence-electron chi connectivity index (χ4n) is 2.90. The third-order valence-electron chi connectivity index (χ3n) is 4.53. The lowest BCUT2D eigenvalue weighted by atomic mass is 10.1. The summed E-state index contributed by atoms with van der Waals surface area (Å²) >= 11 is 1.68. The molecule has 0 amide bonds. The molecule has 0 spiro atoms. The molecule has 1 saturated heterocycles. The Labute approximate surface area is 163 Å². The third-order valence-corrected chi connectivity index (χ3v) is 5.60. The third kappa shape index (κ3) is 5.17. The summed E-state index contributed by atoms with van der Waals surface area (Å²) in [6.07, 6.45) is 0. The van der Waals surface area contributed by atoms with Crippen LogP contribution in [0, 0.1) is 19.7 Å². The van der Waals surface area contributed by atoms with Crippen LogP contribution < -0.4 is 15.5 Å². The highest BCUT2D eigenvalue weighted by molar-refractivity contribution is 7.11. The van der Waals surface area contributed by atoms with Crippen molar-refractivity contribution in [2.24, 2.45) is 4.99 Å². The number of morpholine rings is 1.